The Labute approximate surface area is 153 Å². The molecule has 1 saturated heterocycles. The van der Waals surface area contributed by atoms with Gasteiger partial charge in [-0.15, -0.1) is 0 Å². The third kappa shape index (κ3) is 4.57. The van der Waals surface area contributed by atoms with Gasteiger partial charge in [-0.05, 0) is 31.2 Å². The predicted octanol–water partition coefficient (Wildman–Crippen LogP) is 2.85. The van der Waals surface area contributed by atoms with Crippen molar-refractivity contribution in [1.29, 1.82) is 0 Å². The Balaban J connectivity index is 1.74. The van der Waals surface area contributed by atoms with E-state index in [4.69, 9.17) is 16.3 Å². The van der Waals surface area contributed by atoms with Crippen molar-refractivity contribution in [2.75, 3.05) is 32.8 Å². The van der Waals surface area contributed by atoms with Gasteiger partial charge in [-0.3, -0.25) is 14.7 Å². The molecule has 132 valence electrons. The van der Waals surface area contributed by atoms with Crippen LogP contribution in [0.25, 0.3) is 0 Å². The summed E-state index contributed by atoms with van der Waals surface area (Å²) in [5.74, 6) is -0.164. The number of benzene rings is 1. The molecule has 0 bridgehead atoms. The number of carbonyl (C=O) groups excluding carboxylic acids is 1. The maximum Gasteiger partial charge on any atom is 0.252 e. The van der Waals surface area contributed by atoms with E-state index >= 15 is 0 Å². The first-order valence-electron chi connectivity index (χ1n) is 8.42. The van der Waals surface area contributed by atoms with Gasteiger partial charge < -0.3 is 10.1 Å². The van der Waals surface area contributed by atoms with Gasteiger partial charge in [0.25, 0.3) is 5.91 Å². The van der Waals surface area contributed by atoms with Gasteiger partial charge in [0.05, 0.1) is 35.5 Å². The molecule has 1 amide bonds. The minimum absolute atomic E-state index is 0.0117. The second kappa shape index (κ2) is 8.43. The number of pyridine rings is 1. The Morgan fingerprint density at radius 3 is 2.84 bits per heavy atom. The number of aryl methyl sites for hydroxylation is 1. The summed E-state index contributed by atoms with van der Waals surface area (Å²) < 4.78 is 5.44. The van der Waals surface area contributed by atoms with E-state index in [9.17, 15) is 4.79 Å². The van der Waals surface area contributed by atoms with Gasteiger partial charge in [0, 0.05) is 25.8 Å². The quantitative estimate of drug-likeness (QED) is 0.891. The van der Waals surface area contributed by atoms with Crippen LogP contribution in [-0.4, -0.2) is 48.6 Å². The van der Waals surface area contributed by atoms with E-state index < -0.39 is 0 Å². The van der Waals surface area contributed by atoms with Crippen molar-refractivity contribution in [1.82, 2.24) is 15.2 Å². The van der Waals surface area contributed by atoms with Gasteiger partial charge in [0.1, 0.15) is 0 Å². The third-order valence-electron chi connectivity index (χ3n) is 4.34. The van der Waals surface area contributed by atoms with Crippen molar-refractivity contribution < 1.29 is 9.53 Å². The van der Waals surface area contributed by atoms with E-state index in [0.29, 0.717) is 30.3 Å². The molecule has 25 heavy (non-hydrogen) atoms. The molecule has 0 saturated carbocycles. The molecule has 1 aromatic carbocycles. The van der Waals surface area contributed by atoms with Gasteiger partial charge in [-0.25, -0.2) is 0 Å². The highest BCUT2D eigenvalue weighted by atomic mass is 35.5. The van der Waals surface area contributed by atoms with E-state index in [2.05, 4.69) is 15.2 Å². The van der Waals surface area contributed by atoms with Gasteiger partial charge in [0.15, 0.2) is 0 Å². The van der Waals surface area contributed by atoms with Crippen LogP contribution in [0.1, 0.15) is 27.7 Å². The molecule has 1 aliphatic heterocycles. The second-order valence-electron chi connectivity index (χ2n) is 6.11. The van der Waals surface area contributed by atoms with Gasteiger partial charge in [-0.2, -0.15) is 0 Å². The summed E-state index contributed by atoms with van der Waals surface area (Å²) in [6.07, 6.45) is 1.78. The number of carbonyl (C=O) groups is 1. The average molecular weight is 360 g/mol. The first-order valence-corrected chi connectivity index (χ1v) is 8.80. The Morgan fingerprint density at radius 2 is 2.12 bits per heavy atom. The van der Waals surface area contributed by atoms with Crippen LogP contribution in [0.2, 0.25) is 5.02 Å². The summed E-state index contributed by atoms with van der Waals surface area (Å²) in [4.78, 5) is 19.3. The highest BCUT2D eigenvalue weighted by Gasteiger charge is 2.24. The lowest BCUT2D eigenvalue weighted by atomic mass is 10.1. The van der Waals surface area contributed by atoms with Crippen molar-refractivity contribution >= 4 is 17.5 Å². The zero-order chi connectivity index (χ0) is 17.6. The van der Waals surface area contributed by atoms with Crippen LogP contribution in [0.4, 0.5) is 0 Å². The number of morpholine rings is 1. The molecule has 3 rings (SSSR count). The van der Waals surface area contributed by atoms with Crippen molar-refractivity contribution in [2.24, 2.45) is 0 Å². The molecular weight excluding hydrogens is 338 g/mol. The van der Waals surface area contributed by atoms with Gasteiger partial charge in [0.2, 0.25) is 0 Å². The van der Waals surface area contributed by atoms with Crippen LogP contribution in [0.3, 0.4) is 0 Å². The first kappa shape index (κ1) is 17.9. The molecule has 0 aliphatic carbocycles. The lowest BCUT2D eigenvalue weighted by molar-refractivity contribution is 0.0154. The summed E-state index contributed by atoms with van der Waals surface area (Å²) >= 11 is 6.17. The van der Waals surface area contributed by atoms with Crippen molar-refractivity contribution in [2.45, 2.75) is 13.0 Å². The molecule has 5 nitrogen and oxygen atoms in total. The van der Waals surface area contributed by atoms with Crippen LogP contribution in [-0.2, 0) is 4.74 Å². The number of aromatic nitrogens is 1. The summed E-state index contributed by atoms with van der Waals surface area (Å²) in [7, 11) is 0. The summed E-state index contributed by atoms with van der Waals surface area (Å²) in [5.41, 5.74) is 2.45. The lowest BCUT2D eigenvalue weighted by Gasteiger charge is -2.34. The number of ether oxygens (including phenoxy) is 1. The highest BCUT2D eigenvalue weighted by molar-refractivity contribution is 6.33. The van der Waals surface area contributed by atoms with E-state index in [0.717, 1.165) is 24.3 Å². The Bertz CT molecular complexity index is 718. The number of amides is 1. The van der Waals surface area contributed by atoms with Crippen LogP contribution in [0, 0.1) is 6.92 Å². The molecule has 2 aromatic rings. The van der Waals surface area contributed by atoms with E-state index in [1.807, 2.05) is 37.3 Å². The van der Waals surface area contributed by atoms with E-state index in [1.54, 1.807) is 12.3 Å². The zero-order valence-corrected chi connectivity index (χ0v) is 15.0. The van der Waals surface area contributed by atoms with Gasteiger partial charge >= 0.3 is 0 Å². The van der Waals surface area contributed by atoms with Crippen molar-refractivity contribution in [3.63, 3.8) is 0 Å². The number of hydrogen-bond donors (Lipinski definition) is 1. The molecule has 1 N–H and O–H groups in total. The van der Waals surface area contributed by atoms with Crippen LogP contribution >= 0.6 is 11.6 Å². The third-order valence-corrected chi connectivity index (χ3v) is 4.67. The number of nitrogens with one attached hydrogen (secondary N) is 1. The standard InChI is InChI=1S/C19H22ClN3O2/c1-14-5-6-16(20)15(12-14)19(24)22-13-18(17-4-2-3-7-21-17)23-8-10-25-11-9-23/h2-7,12,18H,8-11,13H2,1H3,(H,22,24). The molecule has 2 heterocycles. The number of hydrogen-bond acceptors (Lipinski definition) is 4. The van der Waals surface area contributed by atoms with Gasteiger partial charge in [-0.1, -0.05) is 29.3 Å². The zero-order valence-electron chi connectivity index (χ0n) is 14.2. The monoisotopic (exact) mass is 359 g/mol. The molecule has 1 aromatic heterocycles. The minimum atomic E-state index is -0.164. The fraction of sp³-hybridized carbons (Fsp3) is 0.368. The highest BCUT2D eigenvalue weighted by Crippen LogP contribution is 2.21. The topological polar surface area (TPSA) is 54.5 Å². The fourth-order valence-electron chi connectivity index (χ4n) is 2.98. The predicted molar refractivity (Wildman–Crippen MR) is 97.9 cm³/mol. The fourth-order valence-corrected chi connectivity index (χ4v) is 3.18. The van der Waals surface area contributed by atoms with Crippen molar-refractivity contribution in [3.8, 4) is 0 Å². The summed E-state index contributed by atoms with van der Waals surface area (Å²) in [5, 5.41) is 3.48. The molecule has 1 aliphatic rings. The van der Waals surface area contributed by atoms with Crippen LogP contribution < -0.4 is 5.32 Å². The van der Waals surface area contributed by atoms with Crippen molar-refractivity contribution in [3.05, 3.63) is 64.4 Å². The molecule has 6 heteroatoms. The molecular formula is C19H22ClN3O2. The SMILES string of the molecule is Cc1ccc(Cl)c(C(=O)NCC(c2ccccn2)N2CCOCC2)c1. The summed E-state index contributed by atoms with van der Waals surface area (Å²) in [6.45, 7) is 5.45. The molecule has 1 fully saturated rings. The maximum absolute atomic E-state index is 12.6. The number of halogens is 1. The number of nitrogens with zero attached hydrogens (tertiary/aromatic N) is 2. The Hall–Kier alpha value is -1.95. The number of rotatable bonds is 5. The van der Waals surface area contributed by atoms with E-state index in [-0.39, 0.29) is 11.9 Å². The van der Waals surface area contributed by atoms with Crippen LogP contribution in [0.15, 0.2) is 42.6 Å². The molecule has 0 radical (unpaired) electrons. The maximum atomic E-state index is 12.6. The Kier molecular flexibility index (Phi) is 6.02. The molecule has 1 atom stereocenters. The minimum Gasteiger partial charge on any atom is -0.379 e. The lowest BCUT2D eigenvalue weighted by Crippen LogP contribution is -2.44. The van der Waals surface area contributed by atoms with E-state index in [1.165, 1.54) is 0 Å². The average Bonchev–Trinajstić information content (AvgIpc) is 2.65. The largest absolute Gasteiger partial charge is 0.379 e. The molecule has 1 unspecified atom stereocenters. The normalized spacial score (nSPS) is 16.4. The summed E-state index contributed by atoms with van der Waals surface area (Å²) in [6, 6.07) is 11.3. The second-order valence-corrected chi connectivity index (χ2v) is 6.52. The Morgan fingerprint density at radius 1 is 1.32 bits per heavy atom. The first-order chi connectivity index (χ1) is 12.1. The van der Waals surface area contributed by atoms with Crippen LogP contribution in [0.5, 0.6) is 0 Å². The smallest absolute Gasteiger partial charge is 0.252 e. The molecule has 0 spiro atoms.